The molecule has 0 saturated carbocycles. The molecule has 2 aromatic heterocycles. The smallest absolute Gasteiger partial charge is 0.333 e. The number of nitrogens with one attached hydrogen (secondary N) is 1. The van der Waals surface area contributed by atoms with E-state index in [2.05, 4.69) is 15.5 Å². The lowest BCUT2D eigenvalue weighted by molar-refractivity contribution is 0.0563. The molecule has 0 unspecified atom stereocenters. The third kappa shape index (κ3) is 3.23. The van der Waals surface area contributed by atoms with Crippen LogP contribution in [0.2, 0.25) is 0 Å². The van der Waals surface area contributed by atoms with Crippen molar-refractivity contribution < 1.29 is 8.78 Å². The van der Waals surface area contributed by atoms with Crippen LogP contribution in [0, 0.1) is 13.8 Å². The van der Waals surface area contributed by atoms with E-state index in [9.17, 15) is 8.78 Å². The number of anilines is 1. The molecule has 1 N–H and O–H groups in total. The second kappa shape index (κ2) is 6.01. The van der Waals surface area contributed by atoms with E-state index in [0.29, 0.717) is 22.6 Å². The second-order valence-electron chi connectivity index (χ2n) is 4.12. The molecule has 0 aromatic carbocycles. The molecule has 19 heavy (non-hydrogen) atoms. The van der Waals surface area contributed by atoms with Gasteiger partial charge in [0.05, 0.1) is 23.8 Å². The highest BCUT2D eigenvalue weighted by Gasteiger charge is 2.11. The van der Waals surface area contributed by atoms with Crippen LogP contribution in [0.5, 0.6) is 0 Å². The second-order valence-corrected chi connectivity index (χ2v) is 4.12. The van der Waals surface area contributed by atoms with E-state index in [4.69, 9.17) is 0 Å². The van der Waals surface area contributed by atoms with Gasteiger partial charge in [-0.25, -0.2) is 4.68 Å². The van der Waals surface area contributed by atoms with Gasteiger partial charge in [0.25, 0.3) is 0 Å². The third-order valence-corrected chi connectivity index (χ3v) is 2.92. The number of nitrogens with zero attached hydrogens (tertiary/aromatic N) is 4. The molecule has 0 spiro atoms. The van der Waals surface area contributed by atoms with Gasteiger partial charge in [0.15, 0.2) is 0 Å². The minimum Gasteiger partial charge on any atom is -0.378 e. The molecular weight excluding hydrogens is 276 g/mol. The fourth-order valence-corrected chi connectivity index (χ4v) is 1.66. The molecule has 0 aliphatic heterocycles. The first-order valence-corrected chi connectivity index (χ1v) is 5.54. The molecule has 106 valence electrons. The molecule has 2 aromatic rings. The highest BCUT2D eigenvalue weighted by molar-refractivity contribution is 5.85. The van der Waals surface area contributed by atoms with Gasteiger partial charge in [0.2, 0.25) is 0 Å². The van der Waals surface area contributed by atoms with Gasteiger partial charge in [-0.1, -0.05) is 0 Å². The zero-order chi connectivity index (χ0) is 13.3. The van der Waals surface area contributed by atoms with Crippen LogP contribution >= 0.6 is 12.4 Å². The molecule has 0 bridgehead atoms. The topological polar surface area (TPSA) is 47.7 Å². The van der Waals surface area contributed by atoms with Crippen molar-refractivity contribution in [2.45, 2.75) is 26.9 Å². The van der Waals surface area contributed by atoms with E-state index < -0.39 is 6.55 Å². The average molecular weight is 292 g/mol. The van der Waals surface area contributed by atoms with Gasteiger partial charge < -0.3 is 5.32 Å². The van der Waals surface area contributed by atoms with Crippen molar-refractivity contribution in [1.29, 1.82) is 0 Å². The maximum absolute atomic E-state index is 12.5. The van der Waals surface area contributed by atoms with E-state index >= 15 is 0 Å². The van der Waals surface area contributed by atoms with Crippen molar-refractivity contribution in [1.82, 2.24) is 19.6 Å². The van der Waals surface area contributed by atoms with Gasteiger partial charge in [0, 0.05) is 24.8 Å². The summed E-state index contributed by atoms with van der Waals surface area (Å²) in [5, 5.41) is 10.9. The Morgan fingerprint density at radius 1 is 1.37 bits per heavy atom. The lowest BCUT2D eigenvalue weighted by Gasteiger charge is -2.04. The van der Waals surface area contributed by atoms with Crippen LogP contribution in [-0.4, -0.2) is 19.6 Å². The fraction of sp³-hybridized carbons (Fsp3) is 0.455. The summed E-state index contributed by atoms with van der Waals surface area (Å²) in [6.07, 6.45) is 3.07. The molecule has 0 saturated heterocycles. The van der Waals surface area contributed by atoms with Crippen molar-refractivity contribution in [2.75, 3.05) is 5.32 Å². The van der Waals surface area contributed by atoms with Gasteiger partial charge in [-0.2, -0.15) is 19.0 Å². The minimum atomic E-state index is -2.61. The van der Waals surface area contributed by atoms with Crippen molar-refractivity contribution in [3.8, 4) is 0 Å². The van der Waals surface area contributed by atoms with Crippen LogP contribution in [0.4, 0.5) is 14.5 Å². The lowest BCUT2D eigenvalue weighted by Crippen LogP contribution is -2.01. The summed E-state index contributed by atoms with van der Waals surface area (Å²) in [6, 6.07) is 0. The molecule has 0 amide bonds. The summed E-state index contributed by atoms with van der Waals surface area (Å²) < 4.78 is 27.3. The first kappa shape index (κ1) is 15.4. The Labute approximate surface area is 116 Å². The molecular formula is C11H16ClF2N5. The van der Waals surface area contributed by atoms with E-state index in [1.807, 2.05) is 14.0 Å². The molecule has 0 aliphatic carbocycles. The first-order valence-electron chi connectivity index (χ1n) is 5.54. The summed E-state index contributed by atoms with van der Waals surface area (Å²) in [7, 11) is 1.86. The van der Waals surface area contributed by atoms with Crippen molar-refractivity contribution >= 4 is 18.1 Å². The van der Waals surface area contributed by atoms with Crippen LogP contribution in [-0.2, 0) is 13.6 Å². The number of hydrogen-bond acceptors (Lipinski definition) is 3. The number of rotatable bonds is 4. The maximum atomic E-state index is 12.5. The van der Waals surface area contributed by atoms with Crippen LogP contribution in [0.15, 0.2) is 12.4 Å². The molecule has 0 aliphatic rings. The quantitative estimate of drug-likeness (QED) is 0.942. The van der Waals surface area contributed by atoms with Crippen LogP contribution in [0.25, 0.3) is 0 Å². The van der Waals surface area contributed by atoms with Crippen molar-refractivity contribution in [3.05, 3.63) is 29.3 Å². The van der Waals surface area contributed by atoms with E-state index in [-0.39, 0.29) is 12.4 Å². The largest absolute Gasteiger partial charge is 0.378 e. The normalized spacial score (nSPS) is 10.6. The monoisotopic (exact) mass is 291 g/mol. The predicted molar refractivity (Wildman–Crippen MR) is 70.7 cm³/mol. The number of alkyl halides is 2. The number of aromatic nitrogens is 4. The Morgan fingerprint density at radius 2 is 2.05 bits per heavy atom. The zero-order valence-electron chi connectivity index (χ0n) is 10.9. The summed E-state index contributed by atoms with van der Waals surface area (Å²) >= 11 is 0. The Morgan fingerprint density at radius 3 is 2.53 bits per heavy atom. The fourth-order valence-electron chi connectivity index (χ4n) is 1.66. The molecule has 0 fully saturated rings. The lowest BCUT2D eigenvalue weighted by atomic mass is 10.2. The summed E-state index contributed by atoms with van der Waals surface area (Å²) in [6.45, 7) is 1.58. The summed E-state index contributed by atoms with van der Waals surface area (Å²) in [5.41, 5.74) is 3.23. The van der Waals surface area contributed by atoms with Crippen LogP contribution in [0.3, 0.4) is 0 Å². The van der Waals surface area contributed by atoms with E-state index in [0.717, 1.165) is 11.3 Å². The van der Waals surface area contributed by atoms with Crippen LogP contribution in [0.1, 0.15) is 23.5 Å². The Kier molecular flexibility index (Phi) is 4.88. The zero-order valence-corrected chi connectivity index (χ0v) is 11.7. The highest BCUT2D eigenvalue weighted by atomic mass is 35.5. The van der Waals surface area contributed by atoms with Gasteiger partial charge in [-0.05, 0) is 13.8 Å². The predicted octanol–water partition coefficient (Wildman–Crippen LogP) is 2.66. The summed E-state index contributed by atoms with van der Waals surface area (Å²) in [4.78, 5) is 0. The molecule has 2 heterocycles. The average Bonchev–Trinajstić information content (AvgIpc) is 2.83. The van der Waals surface area contributed by atoms with Gasteiger partial charge in [0.1, 0.15) is 0 Å². The number of halogens is 3. The van der Waals surface area contributed by atoms with Gasteiger partial charge in [-0.15, -0.1) is 12.4 Å². The standard InChI is InChI=1S/C11H15F2N5.ClH/c1-7-10(6-18(16-7)11(12)13)14-4-9-5-15-17(3)8(9)2;/h5-6,11,14H,4H2,1-3H3;1H. The first-order chi connectivity index (χ1) is 8.49. The molecule has 0 atom stereocenters. The Balaban J connectivity index is 0.00000180. The molecule has 5 nitrogen and oxygen atoms in total. The highest BCUT2D eigenvalue weighted by Crippen LogP contribution is 2.18. The Hall–Kier alpha value is -1.63. The van der Waals surface area contributed by atoms with Gasteiger partial charge >= 0.3 is 6.55 Å². The van der Waals surface area contributed by atoms with Crippen LogP contribution < -0.4 is 5.32 Å². The van der Waals surface area contributed by atoms with E-state index in [1.165, 1.54) is 6.20 Å². The SMILES string of the molecule is Cc1nn(C(F)F)cc1NCc1cnn(C)c1C.Cl. The molecule has 2 rings (SSSR count). The third-order valence-electron chi connectivity index (χ3n) is 2.92. The minimum absolute atomic E-state index is 0. The molecule has 0 radical (unpaired) electrons. The summed E-state index contributed by atoms with van der Waals surface area (Å²) in [5.74, 6) is 0. The number of hydrogen-bond donors (Lipinski definition) is 1. The van der Waals surface area contributed by atoms with Crippen molar-refractivity contribution in [3.63, 3.8) is 0 Å². The van der Waals surface area contributed by atoms with E-state index in [1.54, 1.807) is 17.8 Å². The Bertz CT molecular complexity index is 549. The van der Waals surface area contributed by atoms with Crippen molar-refractivity contribution in [2.24, 2.45) is 7.05 Å². The maximum Gasteiger partial charge on any atom is 0.333 e. The number of aryl methyl sites for hydroxylation is 2. The van der Waals surface area contributed by atoms with Gasteiger partial charge in [-0.3, -0.25) is 4.68 Å². The molecule has 8 heteroatoms.